The second-order valence-electron chi connectivity index (χ2n) is 6.35. The Morgan fingerprint density at radius 3 is 2.68 bits per heavy atom. The summed E-state index contributed by atoms with van der Waals surface area (Å²) in [6.07, 6.45) is 5.85. The van der Waals surface area contributed by atoms with E-state index < -0.39 is 5.54 Å². The fourth-order valence-electron chi connectivity index (χ4n) is 3.07. The largest absolute Gasteiger partial charge is 0.465 e. The van der Waals surface area contributed by atoms with Gasteiger partial charge in [0.05, 0.1) is 6.61 Å². The number of hydrogen-bond acceptors (Lipinski definition) is 4. The maximum atomic E-state index is 12.2. The lowest BCUT2D eigenvalue weighted by Crippen LogP contribution is -2.58. The molecule has 0 radical (unpaired) electrons. The maximum absolute atomic E-state index is 12.2. The zero-order chi connectivity index (χ0) is 13.9. The zero-order valence-electron chi connectivity index (χ0n) is 12.4. The van der Waals surface area contributed by atoms with Crippen LogP contribution in [-0.2, 0) is 9.53 Å². The standard InChI is InChI=1S/C15H28N2O2/c1-3-19-14(18)15(16,13-6-7-13)11-17-9-4-5-12(2)8-10-17/h12-13H,3-11,16H2,1-2H3. The molecule has 1 aliphatic heterocycles. The SMILES string of the molecule is CCOC(=O)C(N)(CN1CCCC(C)CC1)C1CC1. The summed E-state index contributed by atoms with van der Waals surface area (Å²) in [6, 6.07) is 0. The van der Waals surface area contributed by atoms with Gasteiger partial charge in [0.25, 0.3) is 0 Å². The molecule has 0 spiro atoms. The summed E-state index contributed by atoms with van der Waals surface area (Å²) in [5, 5.41) is 0. The van der Waals surface area contributed by atoms with Crippen molar-refractivity contribution in [3.8, 4) is 0 Å². The fraction of sp³-hybridized carbons (Fsp3) is 0.933. The van der Waals surface area contributed by atoms with Crippen molar-refractivity contribution in [1.29, 1.82) is 0 Å². The molecule has 0 bridgehead atoms. The molecule has 2 atom stereocenters. The van der Waals surface area contributed by atoms with Crippen molar-refractivity contribution < 1.29 is 9.53 Å². The lowest BCUT2D eigenvalue weighted by molar-refractivity contribution is -0.151. The van der Waals surface area contributed by atoms with E-state index in [-0.39, 0.29) is 5.97 Å². The molecule has 1 saturated carbocycles. The van der Waals surface area contributed by atoms with Gasteiger partial charge in [-0.2, -0.15) is 0 Å². The van der Waals surface area contributed by atoms with E-state index in [1.165, 1.54) is 19.3 Å². The first kappa shape index (κ1) is 14.8. The third-order valence-electron chi connectivity index (χ3n) is 4.56. The van der Waals surface area contributed by atoms with Gasteiger partial charge in [0.2, 0.25) is 0 Å². The van der Waals surface area contributed by atoms with E-state index in [1.807, 2.05) is 6.92 Å². The Labute approximate surface area is 116 Å². The molecule has 0 aromatic carbocycles. The summed E-state index contributed by atoms with van der Waals surface area (Å²) >= 11 is 0. The van der Waals surface area contributed by atoms with Crippen molar-refractivity contribution in [1.82, 2.24) is 4.90 Å². The molecule has 1 heterocycles. The monoisotopic (exact) mass is 268 g/mol. The summed E-state index contributed by atoms with van der Waals surface area (Å²) in [6.45, 7) is 7.37. The maximum Gasteiger partial charge on any atom is 0.327 e. The number of nitrogens with two attached hydrogens (primary N) is 1. The molecule has 1 saturated heterocycles. The van der Waals surface area contributed by atoms with Crippen LogP contribution in [0.5, 0.6) is 0 Å². The topological polar surface area (TPSA) is 55.6 Å². The number of rotatable bonds is 5. The molecule has 2 fully saturated rings. The molecule has 2 rings (SSSR count). The molecule has 0 amide bonds. The van der Waals surface area contributed by atoms with Crippen LogP contribution in [0.2, 0.25) is 0 Å². The van der Waals surface area contributed by atoms with Crippen molar-refractivity contribution in [3.05, 3.63) is 0 Å². The second-order valence-corrected chi connectivity index (χ2v) is 6.35. The molecule has 2 N–H and O–H groups in total. The van der Waals surface area contributed by atoms with Crippen LogP contribution in [0.4, 0.5) is 0 Å². The molecule has 4 heteroatoms. The lowest BCUT2D eigenvalue weighted by atomic mass is 9.93. The van der Waals surface area contributed by atoms with Gasteiger partial charge in [-0.1, -0.05) is 6.92 Å². The molecule has 110 valence electrons. The average Bonchev–Trinajstić information content (AvgIpc) is 3.19. The fourth-order valence-corrected chi connectivity index (χ4v) is 3.07. The number of esters is 1. The average molecular weight is 268 g/mol. The van der Waals surface area contributed by atoms with Gasteiger partial charge in [-0.25, -0.2) is 4.79 Å². The summed E-state index contributed by atoms with van der Waals surface area (Å²) in [7, 11) is 0. The van der Waals surface area contributed by atoms with Gasteiger partial charge in [0, 0.05) is 6.54 Å². The number of carbonyl (C=O) groups excluding carboxylic acids is 1. The highest BCUT2D eigenvalue weighted by Gasteiger charge is 2.50. The minimum Gasteiger partial charge on any atom is -0.465 e. The zero-order valence-corrected chi connectivity index (χ0v) is 12.4. The van der Waals surface area contributed by atoms with Gasteiger partial charge >= 0.3 is 5.97 Å². The number of hydrogen-bond donors (Lipinski definition) is 1. The Balaban J connectivity index is 1.97. The van der Waals surface area contributed by atoms with Crippen LogP contribution in [0.15, 0.2) is 0 Å². The van der Waals surface area contributed by atoms with Crippen molar-refractivity contribution in [2.45, 2.75) is 51.5 Å². The smallest absolute Gasteiger partial charge is 0.327 e. The first-order valence-electron chi connectivity index (χ1n) is 7.74. The number of nitrogens with zero attached hydrogens (tertiary/aromatic N) is 1. The van der Waals surface area contributed by atoms with E-state index in [1.54, 1.807) is 0 Å². The second kappa shape index (κ2) is 6.23. The van der Waals surface area contributed by atoms with Gasteiger partial charge in [-0.05, 0) is 64.0 Å². The van der Waals surface area contributed by atoms with E-state index in [9.17, 15) is 4.79 Å². The lowest BCUT2D eigenvalue weighted by Gasteiger charge is -2.33. The number of likely N-dealkylation sites (tertiary alicyclic amines) is 1. The third kappa shape index (κ3) is 3.69. The van der Waals surface area contributed by atoms with Crippen molar-refractivity contribution in [2.75, 3.05) is 26.2 Å². The molecular weight excluding hydrogens is 240 g/mol. The summed E-state index contributed by atoms with van der Waals surface area (Å²) in [5.41, 5.74) is 5.66. The van der Waals surface area contributed by atoms with Crippen LogP contribution in [0.1, 0.15) is 46.0 Å². The highest BCUT2D eigenvalue weighted by atomic mass is 16.5. The highest BCUT2D eigenvalue weighted by molar-refractivity contribution is 5.82. The Morgan fingerprint density at radius 1 is 1.32 bits per heavy atom. The molecule has 0 aromatic heterocycles. The predicted molar refractivity (Wildman–Crippen MR) is 75.7 cm³/mol. The van der Waals surface area contributed by atoms with Gasteiger partial charge < -0.3 is 15.4 Å². The summed E-state index contributed by atoms with van der Waals surface area (Å²) in [5.74, 6) is 0.919. The number of ether oxygens (including phenoxy) is 1. The molecule has 1 aliphatic carbocycles. The van der Waals surface area contributed by atoms with E-state index in [2.05, 4.69) is 11.8 Å². The predicted octanol–water partition coefficient (Wildman–Crippen LogP) is 1.78. The number of carbonyl (C=O) groups is 1. The molecule has 2 unspecified atom stereocenters. The van der Waals surface area contributed by atoms with Crippen LogP contribution in [0.3, 0.4) is 0 Å². The van der Waals surface area contributed by atoms with E-state index >= 15 is 0 Å². The molecule has 19 heavy (non-hydrogen) atoms. The van der Waals surface area contributed by atoms with E-state index in [0.717, 1.165) is 31.8 Å². The summed E-state index contributed by atoms with van der Waals surface area (Å²) in [4.78, 5) is 14.6. The quantitative estimate of drug-likeness (QED) is 0.772. The minimum absolute atomic E-state index is 0.199. The Bertz CT molecular complexity index is 317. The third-order valence-corrected chi connectivity index (χ3v) is 4.56. The Hall–Kier alpha value is -0.610. The van der Waals surface area contributed by atoms with Crippen LogP contribution >= 0.6 is 0 Å². The summed E-state index contributed by atoms with van der Waals surface area (Å²) < 4.78 is 5.21. The van der Waals surface area contributed by atoms with E-state index in [4.69, 9.17) is 10.5 Å². The minimum atomic E-state index is -0.774. The highest BCUT2D eigenvalue weighted by Crippen LogP contribution is 2.39. The molecule has 4 nitrogen and oxygen atoms in total. The van der Waals surface area contributed by atoms with Gasteiger partial charge in [-0.3, -0.25) is 0 Å². The van der Waals surface area contributed by atoms with Crippen LogP contribution in [-0.4, -0.2) is 42.6 Å². The Morgan fingerprint density at radius 2 is 2.05 bits per heavy atom. The van der Waals surface area contributed by atoms with Crippen LogP contribution in [0.25, 0.3) is 0 Å². The van der Waals surface area contributed by atoms with E-state index in [0.29, 0.717) is 19.1 Å². The van der Waals surface area contributed by atoms with Crippen molar-refractivity contribution in [2.24, 2.45) is 17.6 Å². The van der Waals surface area contributed by atoms with Crippen LogP contribution in [0, 0.1) is 11.8 Å². The van der Waals surface area contributed by atoms with Crippen LogP contribution < -0.4 is 5.73 Å². The first-order valence-corrected chi connectivity index (χ1v) is 7.74. The van der Waals surface area contributed by atoms with Crippen molar-refractivity contribution >= 4 is 5.97 Å². The van der Waals surface area contributed by atoms with Gasteiger partial charge in [-0.15, -0.1) is 0 Å². The normalized spacial score (nSPS) is 28.5. The van der Waals surface area contributed by atoms with Gasteiger partial charge in [0.1, 0.15) is 5.54 Å². The molecular formula is C15H28N2O2. The molecule has 2 aliphatic rings. The Kier molecular flexibility index (Phi) is 4.85. The molecule has 0 aromatic rings. The first-order chi connectivity index (χ1) is 9.06. The van der Waals surface area contributed by atoms with Crippen molar-refractivity contribution in [3.63, 3.8) is 0 Å². The van der Waals surface area contributed by atoms with Gasteiger partial charge in [0.15, 0.2) is 0 Å².